The van der Waals surface area contributed by atoms with Gasteiger partial charge in [-0.25, -0.2) is 0 Å². The van der Waals surface area contributed by atoms with Gasteiger partial charge in [0, 0.05) is 0 Å². The van der Waals surface area contributed by atoms with Crippen molar-refractivity contribution < 1.29 is 9.53 Å². The highest BCUT2D eigenvalue weighted by atomic mass is 16.5. The molecular formula is C13H19NO2. The van der Waals surface area contributed by atoms with Crippen LogP contribution in [-0.2, 0) is 16.0 Å². The van der Waals surface area contributed by atoms with E-state index in [0.29, 0.717) is 6.42 Å². The highest BCUT2D eigenvalue weighted by Crippen LogP contribution is 2.13. The zero-order valence-corrected chi connectivity index (χ0v) is 10.1. The normalized spacial score (nSPS) is 12.2. The molecule has 1 aromatic rings. The van der Waals surface area contributed by atoms with Gasteiger partial charge in [-0.3, -0.25) is 4.79 Å². The first-order valence-electron chi connectivity index (χ1n) is 5.44. The molecule has 2 N–H and O–H groups in total. The number of hydrogen-bond donors (Lipinski definition) is 1. The van der Waals surface area contributed by atoms with Gasteiger partial charge in [0.25, 0.3) is 0 Å². The van der Waals surface area contributed by atoms with Gasteiger partial charge in [-0.1, -0.05) is 23.8 Å². The molecule has 0 aliphatic heterocycles. The average molecular weight is 221 g/mol. The molecule has 0 fully saturated rings. The number of methoxy groups -OCH3 is 1. The van der Waals surface area contributed by atoms with Crippen molar-refractivity contribution in [2.24, 2.45) is 5.73 Å². The van der Waals surface area contributed by atoms with Gasteiger partial charge in [0.2, 0.25) is 0 Å². The minimum atomic E-state index is -0.523. The Labute approximate surface area is 96.6 Å². The van der Waals surface area contributed by atoms with Crippen LogP contribution >= 0.6 is 0 Å². The smallest absolute Gasteiger partial charge is 0.322 e. The van der Waals surface area contributed by atoms with Crippen molar-refractivity contribution in [3.63, 3.8) is 0 Å². The molecule has 3 nitrogen and oxygen atoms in total. The van der Waals surface area contributed by atoms with Crippen LogP contribution in [0, 0.1) is 13.8 Å². The topological polar surface area (TPSA) is 52.3 Å². The number of carbonyl (C=O) groups is 1. The molecule has 3 heteroatoms. The van der Waals surface area contributed by atoms with Gasteiger partial charge in [0.05, 0.1) is 7.11 Å². The Morgan fingerprint density at radius 1 is 1.44 bits per heavy atom. The molecule has 0 radical (unpaired) electrons. The van der Waals surface area contributed by atoms with Crippen molar-refractivity contribution in [2.75, 3.05) is 7.11 Å². The largest absolute Gasteiger partial charge is 0.468 e. The van der Waals surface area contributed by atoms with Crippen molar-refractivity contribution in [3.8, 4) is 0 Å². The first kappa shape index (κ1) is 12.7. The van der Waals surface area contributed by atoms with Gasteiger partial charge in [0.1, 0.15) is 6.04 Å². The number of rotatable bonds is 4. The summed E-state index contributed by atoms with van der Waals surface area (Å²) in [6.07, 6.45) is 1.43. The quantitative estimate of drug-likeness (QED) is 0.788. The molecule has 0 saturated carbocycles. The molecule has 0 spiro atoms. The Morgan fingerprint density at radius 2 is 2.12 bits per heavy atom. The number of esters is 1. The maximum absolute atomic E-state index is 11.1. The van der Waals surface area contributed by atoms with E-state index in [-0.39, 0.29) is 5.97 Å². The Balaban J connectivity index is 2.60. The lowest BCUT2D eigenvalue weighted by molar-refractivity contribution is -0.142. The van der Waals surface area contributed by atoms with Crippen LogP contribution in [0.15, 0.2) is 18.2 Å². The predicted octanol–water partition coefficient (Wildman–Crippen LogP) is 1.74. The molecule has 88 valence electrons. The predicted molar refractivity (Wildman–Crippen MR) is 64.2 cm³/mol. The Bertz CT molecular complexity index is 374. The van der Waals surface area contributed by atoms with Gasteiger partial charge in [0.15, 0.2) is 0 Å². The van der Waals surface area contributed by atoms with E-state index >= 15 is 0 Å². The second-order valence-corrected chi connectivity index (χ2v) is 4.10. The summed E-state index contributed by atoms with van der Waals surface area (Å²) in [5.74, 6) is -0.342. The molecule has 1 rings (SSSR count). The summed E-state index contributed by atoms with van der Waals surface area (Å²) < 4.78 is 4.59. The molecule has 1 atom stereocenters. The average Bonchev–Trinajstić information content (AvgIpc) is 2.28. The fourth-order valence-corrected chi connectivity index (χ4v) is 1.65. The number of benzene rings is 1. The van der Waals surface area contributed by atoms with Gasteiger partial charge in [-0.15, -0.1) is 0 Å². The Morgan fingerprint density at radius 3 is 2.75 bits per heavy atom. The highest BCUT2D eigenvalue weighted by Gasteiger charge is 2.13. The van der Waals surface area contributed by atoms with E-state index in [1.807, 2.05) is 0 Å². The number of ether oxygens (including phenoxy) is 1. The molecule has 1 aromatic carbocycles. The fourth-order valence-electron chi connectivity index (χ4n) is 1.65. The van der Waals surface area contributed by atoms with Crippen LogP contribution < -0.4 is 5.73 Å². The third kappa shape index (κ3) is 3.35. The minimum absolute atomic E-state index is 0.342. The van der Waals surface area contributed by atoms with Crippen molar-refractivity contribution in [1.82, 2.24) is 0 Å². The van der Waals surface area contributed by atoms with Crippen molar-refractivity contribution in [2.45, 2.75) is 32.7 Å². The molecule has 0 aliphatic carbocycles. The van der Waals surface area contributed by atoms with Crippen molar-refractivity contribution >= 4 is 5.97 Å². The van der Waals surface area contributed by atoms with E-state index in [4.69, 9.17) is 5.73 Å². The van der Waals surface area contributed by atoms with E-state index < -0.39 is 6.04 Å². The van der Waals surface area contributed by atoms with E-state index in [0.717, 1.165) is 6.42 Å². The molecule has 0 heterocycles. The van der Waals surface area contributed by atoms with Crippen LogP contribution in [0.4, 0.5) is 0 Å². The van der Waals surface area contributed by atoms with E-state index in [2.05, 4.69) is 36.8 Å². The lowest BCUT2D eigenvalue weighted by atomic mass is 9.99. The molecule has 1 unspecified atom stereocenters. The number of aryl methyl sites for hydroxylation is 3. The molecule has 0 saturated heterocycles. The van der Waals surface area contributed by atoms with E-state index in [9.17, 15) is 4.79 Å². The highest BCUT2D eigenvalue weighted by molar-refractivity contribution is 5.75. The number of hydrogen-bond acceptors (Lipinski definition) is 3. The van der Waals surface area contributed by atoms with Crippen LogP contribution in [0.2, 0.25) is 0 Å². The van der Waals surface area contributed by atoms with Gasteiger partial charge in [-0.2, -0.15) is 0 Å². The van der Waals surface area contributed by atoms with E-state index in [1.54, 1.807) is 0 Å². The summed E-state index contributed by atoms with van der Waals surface area (Å²) in [4.78, 5) is 11.1. The number of nitrogens with two attached hydrogens (primary N) is 1. The zero-order chi connectivity index (χ0) is 12.1. The second kappa shape index (κ2) is 5.66. The summed E-state index contributed by atoms with van der Waals surface area (Å²) in [5.41, 5.74) is 9.41. The lowest BCUT2D eigenvalue weighted by Gasteiger charge is -2.11. The Hall–Kier alpha value is -1.35. The SMILES string of the molecule is COC(=O)C(N)CCc1cc(C)ccc1C. The molecule has 0 bridgehead atoms. The summed E-state index contributed by atoms with van der Waals surface area (Å²) in [5, 5.41) is 0. The summed E-state index contributed by atoms with van der Waals surface area (Å²) in [6.45, 7) is 4.13. The monoisotopic (exact) mass is 221 g/mol. The number of carbonyl (C=O) groups excluding carboxylic acids is 1. The molecule has 0 amide bonds. The first-order chi connectivity index (χ1) is 7.54. The molecule has 0 aromatic heterocycles. The maximum Gasteiger partial charge on any atom is 0.322 e. The van der Waals surface area contributed by atoms with Gasteiger partial charge in [-0.05, 0) is 37.8 Å². The third-order valence-electron chi connectivity index (χ3n) is 2.73. The van der Waals surface area contributed by atoms with Crippen LogP contribution in [0.25, 0.3) is 0 Å². The zero-order valence-electron chi connectivity index (χ0n) is 10.1. The summed E-state index contributed by atoms with van der Waals surface area (Å²) in [6, 6.07) is 5.79. The standard InChI is InChI=1S/C13H19NO2/c1-9-4-5-10(2)11(8-9)6-7-12(14)13(15)16-3/h4-5,8,12H,6-7,14H2,1-3H3. The second-order valence-electron chi connectivity index (χ2n) is 4.10. The minimum Gasteiger partial charge on any atom is -0.468 e. The first-order valence-corrected chi connectivity index (χ1v) is 5.44. The lowest BCUT2D eigenvalue weighted by Crippen LogP contribution is -2.32. The maximum atomic E-state index is 11.1. The summed E-state index contributed by atoms with van der Waals surface area (Å²) >= 11 is 0. The van der Waals surface area contributed by atoms with Gasteiger partial charge < -0.3 is 10.5 Å². The summed E-state index contributed by atoms with van der Waals surface area (Å²) in [7, 11) is 1.36. The third-order valence-corrected chi connectivity index (χ3v) is 2.73. The van der Waals surface area contributed by atoms with E-state index in [1.165, 1.54) is 23.8 Å². The van der Waals surface area contributed by atoms with Crippen molar-refractivity contribution in [3.05, 3.63) is 34.9 Å². The fraction of sp³-hybridized carbons (Fsp3) is 0.462. The van der Waals surface area contributed by atoms with Crippen molar-refractivity contribution in [1.29, 1.82) is 0 Å². The van der Waals surface area contributed by atoms with Crippen LogP contribution in [0.5, 0.6) is 0 Å². The van der Waals surface area contributed by atoms with Crippen LogP contribution in [0.3, 0.4) is 0 Å². The van der Waals surface area contributed by atoms with Gasteiger partial charge >= 0.3 is 5.97 Å². The van der Waals surface area contributed by atoms with Crippen LogP contribution in [-0.4, -0.2) is 19.1 Å². The molecule has 0 aliphatic rings. The Kier molecular flexibility index (Phi) is 4.50. The van der Waals surface area contributed by atoms with Crippen LogP contribution in [0.1, 0.15) is 23.1 Å². The molecular weight excluding hydrogens is 202 g/mol. The molecule has 16 heavy (non-hydrogen) atoms.